The van der Waals surface area contributed by atoms with E-state index in [-0.39, 0.29) is 18.0 Å². The second-order valence-corrected chi connectivity index (χ2v) is 7.93. The molecule has 1 aromatic carbocycles. The number of thiocarbonyl (C=S) groups is 1. The van der Waals surface area contributed by atoms with Gasteiger partial charge in [0.1, 0.15) is 0 Å². The molecule has 0 unspecified atom stereocenters. The van der Waals surface area contributed by atoms with Crippen LogP contribution in [0.5, 0.6) is 0 Å². The molecule has 6 nitrogen and oxygen atoms in total. The van der Waals surface area contributed by atoms with Crippen LogP contribution < -0.4 is 10.6 Å². The van der Waals surface area contributed by atoms with Crippen LogP contribution in [0.4, 0.5) is 5.69 Å². The first kappa shape index (κ1) is 20.1. The van der Waals surface area contributed by atoms with Crippen molar-refractivity contribution in [3.63, 3.8) is 0 Å². The number of benzene rings is 1. The number of pyridine rings is 1. The van der Waals surface area contributed by atoms with E-state index in [0.29, 0.717) is 18.1 Å². The lowest BCUT2D eigenvalue weighted by Gasteiger charge is -2.27. The van der Waals surface area contributed by atoms with Gasteiger partial charge >= 0.3 is 0 Å². The van der Waals surface area contributed by atoms with E-state index in [0.717, 1.165) is 22.5 Å². The third-order valence-corrected chi connectivity index (χ3v) is 5.75. The van der Waals surface area contributed by atoms with Crippen molar-refractivity contribution in [3.8, 4) is 0 Å². The monoisotopic (exact) mass is 419 g/mol. The highest BCUT2D eigenvalue weighted by molar-refractivity contribution is 7.80. The molecule has 1 saturated heterocycles. The Hall–Kier alpha value is -3.19. The van der Waals surface area contributed by atoms with Crippen LogP contribution in [-0.2, 0) is 11.8 Å². The first-order chi connectivity index (χ1) is 14.5. The maximum atomic E-state index is 12.6. The summed E-state index contributed by atoms with van der Waals surface area (Å²) < 4.78 is 2.02. The van der Waals surface area contributed by atoms with Gasteiger partial charge in [-0.3, -0.25) is 9.78 Å². The molecule has 30 heavy (non-hydrogen) atoms. The van der Waals surface area contributed by atoms with Crippen LogP contribution in [0, 0.1) is 6.92 Å². The van der Waals surface area contributed by atoms with Crippen molar-refractivity contribution in [1.82, 2.24) is 19.8 Å². The van der Waals surface area contributed by atoms with Crippen molar-refractivity contribution in [2.75, 3.05) is 11.9 Å². The SMILES string of the molecule is Cc1ccccc1NC(=O)CCN1C(=S)N[C@@H](c2ccccn2)[C@@H]1c1ccn(C)c1. The fraction of sp³-hybridized carbons (Fsp3) is 0.261. The van der Waals surface area contributed by atoms with Gasteiger partial charge in [0.15, 0.2) is 5.11 Å². The van der Waals surface area contributed by atoms with E-state index < -0.39 is 0 Å². The molecule has 0 bridgehead atoms. The Labute approximate surface area is 181 Å². The Balaban J connectivity index is 1.52. The summed E-state index contributed by atoms with van der Waals surface area (Å²) in [5.41, 5.74) is 3.96. The maximum Gasteiger partial charge on any atom is 0.226 e. The molecule has 1 fully saturated rings. The van der Waals surface area contributed by atoms with Gasteiger partial charge in [0.25, 0.3) is 0 Å². The molecular weight excluding hydrogens is 394 g/mol. The van der Waals surface area contributed by atoms with Gasteiger partial charge in [-0.2, -0.15) is 0 Å². The number of carbonyl (C=O) groups excluding carboxylic acids is 1. The number of rotatable bonds is 6. The smallest absolute Gasteiger partial charge is 0.226 e. The number of carbonyl (C=O) groups is 1. The molecule has 2 atom stereocenters. The van der Waals surface area contributed by atoms with E-state index in [1.807, 2.05) is 67.2 Å². The number of nitrogens with zero attached hydrogens (tertiary/aromatic N) is 3. The molecule has 154 valence electrons. The largest absolute Gasteiger partial charge is 0.357 e. The number of aryl methyl sites for hydroxylation is 2. The van der Waals surface area contributed by atoms with Crippen molar-refractivity contribution >= 4 is 28.9 Å². The van der Waals surface area contributed by atoms with Crippen LogP contribution in [0.15, 0.2) is 67.1 Å². The zero-order chi connectivity index (χ0) is 21.1. The Morgan fingerprint density at radius 3 is 2.70 bits per heavy atom. The molecule has 1 aliphatic rings. The fourth-order valence-electron chi connectivity index (χ4n) is 3.86. The van der Waals surface area contributed by atoms with E-state index in [4.69, 9.17) is 12.2 Å². The van der Waals surface area contributed by atoms with E-state index in [1.54, 1.807) is 6.20 Å². The molecule has 0 saturated carbocycles. The van der Waals surface area contributed by atoms with Crippen molar-refractivity contribution in [2.45, 2.75) is 25.4 Å². The predicted octanol–water partition coefficient (Wildman–Crippen LogP) is 3.73. The average Bonchev–Trinajstić information content (AvgIpc) is 3.31. The second-order valence-electron chi connectivity index (χ2n) is 7.54. The summed E-state index contributed by atoms with van der Waals surface area (Å²) in [5.74, 6) is -0.0276. The Kier molecular flexibility index (Phi) is 5.81. The van der Waals surface area contributed by atoms with E-state index in [9.17, 15) is 4.79 Å². The van der Waals surface area contributed by atoms with Crippen molar-refractivity contribution < 1.29 is 4.79 Å². The fourth-order valence-corrected chi connectivity index (χ4v) is 4.19. The van der Waals surface area contributed by atoms with Gasteiger partial charge in [-0.1, -0.05) is 24.3 Å². The summed E-state index contributed by atoms with van der Waals surface area (Å²) in [7, 11) is 2.00. The summed E-state index contributed by atoms with van der Waals surface area (Å²) >= 11 is 5.65. The quantitative estimate of drug-likeness (QED) is 0.596. The third kappa shape index (κ3) is 4.21. The molecule has 0 aliphatic carbocycles. The van der Waals surface area contributed by atoms with Crippen LogP contribution in [0.1, 0.15) is 35.3 Å². The van der Waals surface area contributed by atoms with E-state index in [1.165, 1.54) is 0 Å². The predicted molar refractivity (Wildman–Crippen MR) is 122 cm³/mol. The van der Waals surface area contributed by atoms with Crippen molar-refractivity contribution in [2.24, 2.45) is 7.05 Å². The van der Waals surface area contributed by atoms with Crippen molar-refractivity contribution in [1.29, 1.82) is 0 Å². The lowest BCUT2D eigenvalue weighted by Crippen LogP contribution is -2.32. The standard InChI is InChI=1S/C23H25N5OS/c1-16-7-3-4-8-18(16)25-20(29)11-14-28-22(17-10-13-27(2)15-17)21(26-23(28)30)19-9-5-6-12-24-19/h3-10,12-13,15,21-22H,11,14H2,1-2H3,(H,25,29)(H,26,30)/t21-,22-/m0/s1. The lowest BCUT2D eigenvalue weighted by molar-refractivity contribution is -0.116. The highest BCUT2D eigenvalue weighted by Gasteiger charge is 2.40. The summed E-state index contributed by atoms with van der Waals surface area (Å²) in [6.07, 6.45) is 6.25. The molecule has 3 aromatic rings. The maximum absolute atomic E-state index is 12.6. The van der Waals surface area contributed by atoms with Gasteiger partial charge < -0.3 is 20.1 Å². The number of amides is 1. The van der Waals surface area contributed by atoms with Gasteiger partial charge in [0, 0.05) is 44.3 Å². The summed E-state index contributed by atoms with van der Waals surface area (Å²) in [4.78, 5) is 19.2. The minimum atomic E-state index is -0.0690. The summed E-state index contributed by atoms with van der Waals surface area (Å²) in [6.45, 7) is 2.50. The summed E-state index contributed by atoms with van der Waals surface area (Å²) in [5, 5.41) is 7.06. The highest BCUT2D eigenvalue weighted by atomic mass is 32.1. The zero-order valence-electron chi connectivity index (χ0n) is 17.1. The first-order valence-corrected chi connectivity index (χ1v) is 10.4. The average molecular weight is 420 g/mol. The number of aromatic nitrogens is 2. The van der Waals surface area contributed by atoms with Gasteiger partial charge in [-0.15, -0.1) is 0 Å². The number of para-hydroxylation sites is 1. The Bertz CT molecular complexity index is 1050. The van der Waals surface area contributed by atoms with E-state index in [2.05, 4.69) is 32.8 Å². The minimum Gasteiger partial charge on any atom is -0.357 e. The lowest BCUT2D eigenvalue weighted by atomic mass is 9.99. The molecule has 0 spiro atoms. The number of hydrogen-bond donors (Lipinski definition) is 2. The molecule has 2 aromatic heterocycles. The first-order valence-electron chi connectivity index (χ1n) is 9.98. The topological polar surface area (TPSA) is 62.2 Å². The third-order valence-electron chi connectivity index (χ3n) is 5.39. The zero-order valence-corrected chi connectivity index (χ0v) is 17.9. The highest BCUT2D eigenvalue weighted by Crippen LogP contribution is 2.38. The number of hydrogen-bond acceptors (Lipinski definition) is 3. The number of nitrogens with one attached hydrogen (secondary N) is 2. The molecule has 3 heterocycles. The molecular formula is C23H25N5OS. The van der Waals surface area contributed by atoms with Gasteiger partial charge in [-0.25, -0.2) is 0 Å². The van der Waals surface area contributed by atoms with Crippen LogP contribution in [0.25, 0.3) is 0 Å². The molecule has 7 heteroatoms. The number of anilines is 1. The van der Waals surface area contributed by atoms with Gasteiger partial charge in [-0.05, 0) is 54.5 Å². The summed E-state index contributed by atoms with van der Waals surface area (Å²) in [6, 6.07) is 15.7. The molecule has 2 N–H and O–H groups in total. The van der Waals surface area contributed by atoms with Crippen molar-refractivity contribution in [3.05, 3.63) is 83.9 Å². The molecule has 1 aliphatic heterocycles. The normalized spacial score (nSPS) is 18.3. The molecule has 1 amide bonds. The molecule has 0 radical (unpaired) electrons. The van der Waals surface area contributed by atoms with E-state index >= 15 is 0 Å². The minimum absolute atomic E-state index is 0.0276. The Morgan fingerprint density at radius 2 is 2.00 bits per heavy atom. The van der Waals surface area contributed by atoms with Crippen LogP contribution in [0.2, 0.25) is 0 Å². The van der Waals surface area contributed by atoms with Crippen LogP contribution in [-0.4, -0.2) is 32.0 Å². The Morgan fingerprint density at radius 1 is 1.20 bits per heavy atom. The van der Waals surface area contributed by atoms with Gasteiger partial charge in [0.05, 0.1) is 17.8 Å². The van der Waals surface area contributed by atoms with Crippen LogP contribution >= 0.6 is 12.2 Å². The van der Waals surface area contributed by atoms with Crippen LogP contribution in [0.3, 0.4) is 0 Å². The molecule has 4 rings (SSSR count). The van der Waals surface area contributed by atoms with Gasteiger partial charge in [0.2, 0.25) is 5.91 Å². The second kappa shape index (κ2) is 8.67.